The van der Waals surface area contributed by atoms with Crippen molar-refractivity contribution in [3.8, 4) is 0 Å². The van der Waals surface area contributed by atoms with Crippen molar-refractivity contribution >= 4 is 5.78 Å². The Balaban J connectivity index is 2.46. The van der Waals surface area contributed by atoms with Crippen molar-refractivity contribution in [1.82, 2.24) is 24.9 Å². The molecule has 0 aliphatic carbocycles. The highest BCUT2D eigenvalue weighted by molar-refractivity contribution is 5.27. The predicted octanol–water partition coefficient (Wildman–Crippen LogP) is -0.512. The first-order chi connectivity index (χ1) is 7.20. The Morgan fingerprint density at radius 3 is 3.07 bits per heavy atom. The van der Waals surface area contributed by atoms with Crippen LogP contribution >= 0.6 is 0 Å². The van der Waals surface area contributed by atoms with Gasteiger partial charge in [0.15, 0.2) is 0 Å². The van der Waals surface area contributed by atoms with Gasteiger partial charge in [0, 0.05) is 24.7 Å². The second-order valence-electron chi connectivity index (χ2n) is 3.40. The third-order valence-corrected chi connectivity index (χ3v) is 2.12. The van der Waals surface area contributed by atoms with Crippen LogP contribution in [-0.2, 0) is 6.42 Å². The minimum Gasteiger partial charge on any atom is -0.319 e. The summed E-state index contributed by atoms with van der Waals surface area (Å²) in [6.07, 6.45) is 0.748. The molecule has 0 atom stereocenters. The van der Waals surface area contributed by atoms with E-state index >= 15 is 0 Å². The maximum absolute atomic E-state index is 11.5. The van der Waals surface area contributed by atoms with E-state index in [4.69, 9.17) is 0 Å². The normalized spacial score (nSPS) is 11.1. The van der Waals surface area contributed by atoms with Gasteiger partial charge in [-0.3, -0.25) is 9.89 Å². The van der Waals surface area contributed by atoms with E-state index < -0.39 is 0 Å². The second-order valence-corrected chi connectivity index (χ2v) is 3.40. The zero-order chi connectivity index (χ0) is 10.8. The summed E-state index contributed by atoms with van der Waals surface area (Å²) < 4.78 is 1.36. The lowest BCUT2D eigenvalue weighted by Crippen LogP contribution is -2.15. The molecule has 2 aromatic rings. The maximum Gasteiger partial charge on any atom is 0.274 e. The van der Waals surface area contributed by atoms with Crippen LogP contribution in [0.5, 0.6) is 0 Å². The molecule has 2 N–H and O–H groups in total. The lowest BCUT2D eigenvalue weighted by atomic mass is 10.4. The first-order valence-corrected chi connectivity index (χ1v) is 4.80. The van der Waals surface area contributed by atoms with E-state index in [0.29, 0.717) is 11.5 Å². The number of nitrogens with zero attached hydrogens (tertiary/aromatic N) is 3. The van der Waals surface area contributed by atoms with E-state index in [0.717, 1.165) is 18.8 Å². The summed E-state index contributed by atoms with van der Waals surface area (Å²) in [5, 5.41) is 5.94. The molecule has 0 aliphatic heterocycles. The van der Waals surface area contributed by atoms with E-state index in [1.54, 1.807) is 6.92 Å². The van der Waals surface area contributed by atoms with Crippen molar-refractivity contribution in [2.45, 2.75) is 13.3 Å². The molecule has 0 saturated heterocycles. The number of rotatable bonds is 3. The Morgan fingerprint density at radius 2 is 2.33 bits per heavy atom. The molecule has 15 heavy (non-hydrogen) atoms. The summed E-state index contributed by atoms with van der Waals surface area (Å²) >= 11 is 0. The Labute approximate surface area is 86.3 Å². The molecule has 0 aliphatic rings. The van der Waals surface area contributed by atoms with Gasteiger partial charge in [-0.1, -0.05) is 0 Å². The fraction of sp³-hybridized carbons (Fsp3) is 0.444. The van der Waals surface area contributed by atoms with Crippen molar-refractivity contribution in [3.05, 3.63) is 27.9 Å². The summed E-state index contributed by atoms with van der Waals surface area (Å²) in [6.45, 7) is 2.59. The molecule has 0 fully saturated rings. The van der Waals surface area contributed by atoms with Crippen molar-refractivity contribution in [2.75, 3.05) is 13.6 Å². The smallest absolute Gasteiger partial charge is 0.274 e. The van der Waals surface area contributed by atoms with E-state index in [-0.39, 0.29) is 5.56 Å². The lowest BCUT2D eigenvalue weighted by Gasteiger charge is -1.92. The van der Waals surface area contributed by atoms with E-state index in [1.165, 1.54) is 10.6 Å². The minimum absolute atomic E-state index is 0.124. The van der Waals surface area contributed by atoms with Gasteiger partial charge in [0.25, 0.3) is 11.3 Å². The highest BCUT2D eigenvalue weighted by Crippen LogP contribution is 1.96. The second kappa shape index (κ2) is 3.82. The van der Waals surface area contributed by atoms with Gasteiger partial charge >= 0.3 is 0 Å². The standard InChI is InChI=1S/C9H13N5O/c1-6-5-8(15)14-9(11-6)12-7(13-14)3-4-10-2/h5,10H,3-4H2,1-2H3,(H,11,12,13). The number of likely N-dealkylation sites (N-methyl/N-ethyl adjacent to an activating group) is 1. The third-order valence-electron chi connectivity index (χ3n) is 2.12. The molecule has 2 heterocycles. The largest absolute Gasteiger partial charge is 0.319 e. The average molecular weight is 207 g/mol. The fourth-order valence-corrected chi connectivity index (χ4v) is 1.39. The van der Waals surface area contributed by atoms with Gasteiger partial charge in [-0.2, -0.15) is 9.50 Å². The molecule has 0 saturated carbocycles. The van der Waals surface area contributed by atoms with Crippen LogP contribution in [0.25, 0.3) is 5.78 Å². The van der Waals surface area contributed by atoms with Crippen molar-refractivity contribution < 1.29 is 0 Å². The highest BCUT2D eigenvalue weighted by Gasteiger charge is 2.05. The van der Waals surface area contributed by atoms with Gasteiger partial charge in [0.1, 0.15) is 5.82 Å². The van der Waals surface area contributed by atoms with Gasteiger partial charge in [-0.25, -0.2) is 4.98 Å². The molecule has 80 valence electrons. The van der Waals surface area contributed by atoms with Crippen LogP contribution in [0.3, 0.4) is 0 Å². The molecule has 0 radical (unpaired) electrons. The zero-order valence-electron chi connectivity index (χ0n) is 8.74. The molecule has 2 rings (SSSR count). The van der Waals surface area contributed by atoms with Crippen molar-refractivity contribution in [1.29, 1.82) is 0 Å². The number of H-pyrrole nitrogens is 1. The van der Waals surface area contributed by atoms with Crippen LogP contribution in [-0.4, -0.2) is 33.2 Å². The predicted molar refractivity (Wildman–Crippen MR) is 56.0 cm³/mol. The maximum atomic E-state index is 11.5. The van der Waals surface area contributed by atoms with E-state index in [2.05, 4.69) is 20.4 Å². The van der Waals surface area contributed by atoms with Gasteiger partial charge in [0.2, 0.25) is 0 Å². The van der Waals surface area contributed by atoms with Crippen LogP contribution in [0.1, 0.15) is 11.5 Å². The summed E-state index contributed by atoms with van der Waals surface area (Å²) in [5.74, 6) is 1.20. The molecule has 6 nitrogen and oxygen atoms in total. The monoisotopic (exact) mass is 207 g/mol. The summed E-state index contributed by atoms with van der Waals surface area (Å²) in [4.78, 5) is 19.9. The number of fused-ring (bicyclic) bond motifs is 1. The highest BCUT2D eigenvalue weighted by atomic mass is 16.1. The van der Waals surface area contributed by atoms with E-state index in [9.17, 15) is 4.79 Å². The quantitative estimate of drug-likeness (QED) is 0.710. The van der Waals surface area contributed by atoms with Crippen LogP contribution in [0.4, 0.5) is 0 Å². The summed E-state index contributed by atoms with van der Waals surface area (Å²) in [7, 11) is 1.87. The number of hydrogen-bond donors (Lipinski definition) is 2. The van der Waals surface area contributed by atoms with Gasteiger partial charge < -0.3 is 5.32 Å². The summed E-state index contributed by atoms with van der Waals surface area (Å²) in [6, 6.07) is 1.48. The Bertz CT molecular complexity index is 527. The average Bonchev–Trinajstić information content (AvgIpc) is 2.57. The van der Waals surface area contributed by atoms with Crippen LogP contribution in [0.2, 0.25) is 0 Å². The van der Waals surface area contributed by atoms with E-state index in [1.807, 2.05) is 7.05 Å². The molecule has 0 unspecified atom stereocenters. The molecule has 0 aromatic carbocycles. The Hall–Kier alpha value is -1.69. The van der Waals surface area contributed by atoms with Gasteiger partial charge in [-0.15, -0.1) is 0 Å². The molecule has 0 bridgehead atoms. The van der Waals surface area contributed by atoms with Crippen LogP contribution < -0.4 is 10.9 Å². The van der Waals surface area contributed by atoms with Crippen LogP contribution in [0, 0.1) is 6.92 Å². The van der Waals surface area contributed by atoms with Crippen LogP contribution in [0.15, 0.2) is 10.9 Å². The minimum atomic E-state index is -0.124. The topological polar surface area (TPSA) is 75.1 Å². The van der Waals surface area contributed by atoms with Crippen molar-refractivity contribution in [3.63, 3.8) is 0 Å². The van der Waals surface area contributed by atoms with Gasteiger partial charge in [0.05, 0.1) is 0 Å². The summed E-state index contributed by atoms with van der Waals surface area (Å²) in [5.41, 5.74) is 0.562. The number of aryl methyl sites for hydroxylation is 1. The molecule has 0 spiro atoms. The molecule has 6 heteroatoms. The Morgan fingerprint density at radius 1 is 1.53 bits per heavy atom. The van der Waals surface area contributed by atoms with Gasteiger partial charge in [-0.05, 0) is 14.0 Å². The Kier molecular flexibility index (Phi) is 2.51. The number of aromatic nitrogens is 4. The molecular weight excluding hydrogens is 194 g/mol. The number of nitrogens with one attached hydrogen (secondary N) is 2. The number of aromatic amines is 1. The zero-order valence-corrected chi connectivity index (χ0v) is 8.74. The molecule has 0 amide bonds. The molecule has 2 aromatic heterocycles. The third kappa shape index (κ3) is 1.89. The first kappa shape index (κ1) is 9.85. The lowest BCUT2D eigenvalue weighted by molar-refractivity contribution is 0.747. The molecular formula is C9H13N5O. The first-order valence-electron chi connectivity index (χ1n) is 4.80. The number of hydrogen-bond acceptors (Lipinski definition) is 4. The fourth-order valence-electron chi connectivity index (χ4n) is 1.39. The van der Waals surface area contributed by atoms with Crippen molar-refractivity contribution in [2.24, 2.45) is 0 Å². The SMILES string of the molecule is CNCCc1nc2nc(C)cc(=O)n2[nH]1.